The van der Waals surface area contributed by atoms with Gasteiger partial charge >= 0.3 is 0 Å². The number of aromatic nitrogens is 3. The zero-order valence-electron chi connectivity index (χ0n) is 17.2. The fraction of sp³-hybridized carbons (Fsp3) is 0.348. The number of benzene rings is 1. The number of hydrogen-bond acceptors (Lipinski definition) is 4. The van der Waals surface area contributed by atoms with Crippen molar-refractivity contribution in [3.8, 4) is 11.3 Å². The van der Waals surface area contributed by atoms with E-state index in [-0.39, 0.29) is 5.91 Å². The molecule has 4 rings (SSSR count). The number of nitrogens with one attached hydrogen (secondary N) is 1. The molecular weight excluding hydrogens is 362 g/mol. The van der Waals surface area contributed by atoms with Gasteiger partial charge in [-0.2, -0.15) is 0 Å². The van der Waals surface area contributed by atoms with Gasteiger partial charge in [-0.25, -0.2) is 9.97 Å². The highest BCUT2D eigenvalue weighted by Gasteiger charge is 2.24. The van der Waals surface area contributed by atoms with Gasteiger partial charge in [0.15, 0.2) is 0 Å². The fourth-order valence-corrected chi connectivity index (χ4v) is 4.08. The predicted octanol–water partition coefficient (Wildman–Crippen LogP) is 4.77. The monoisotopic (exact) mass is 389 g/mol. The maximum Gasteiger partial charge on any atom is 0.224 e. The van der Waals surface area contributed by atoms with E-state index in [1.54, 1.807) is 0 Å². The number of hydrogen-bond donors (Lipinski definition) is 2. The Labute approximate surface area is 170 Å². The summed E-state index contributed by atoms with van der Waals surface area (Å²) in [5.74, 6) is 1.22. The molecule has 1 amide bonds. The topological polar surface area (TPSA) is 85.8 Å². The van der Waals surface area contributed by atoms with E-state index in [1.165, 1.54) is 11.9 Å². The number of anilines is 2. The van der Waals surface area contributed by atoms with Crippen LogP contribution < -0.4 is 11.1 Å². The van der Waals surface area contributed by atoms with Gasteiger partial charge in [-0.1, -0.05) is 32.1 Å². The van der Waals surface area contributed by atoms with E-state index in [4.69, 9.17) is 5.73 Å². The van der Waals surface area contributed by atoms with Crippen LogP contribution in [0.5, 0.6) is 0 Å². The second-order valence-corrected chi connectivity index (χ2v) is 7.83. The molecule has 0 fully saturated rings. The number of carbonyl (C=O) groups excluding carboxylic acids is 1. The van der Waals surface area contributed by atoms with Crippen molar-refractivity contribution in [1.29, 1.82) is 0 Å². The van der Waals surface area contributed by atoms with Crippen LogP contribution in [0.25, 0.3) is 27.9 Å². The third kappa shape index (κ3) is 3.50. The molecule has 1 atom stereocenters. The minimum Gasteiger partial charge on any atom is -0.383 e. The Kier molecular flexibility index (Phi) is 5.09. The first-order valence-corrected chi connectivity index (χ1v) is 10.2. The van der Waals surface area contributed by atoms with Gasteiger partial charge in [-0.05, 0) is 48.4 Å². The van der Waals surface area contributed by atoms with Crippen molar-refractivity contribution in [2.24, 2.45) is 13.0 Å². The molecule has 1 aliphatic rings. The van der Waals surface area contributed by atoms with Gasteiger partial charge in [-0.15, -0.1) is 0 Å². The van der Waals surface area contributed by atoms with Crippen LogP contribution in [0.1, 0.15) is 45.1 Å². The fourth-order valence-electron chi connectivity index (χ4n) is 4.08. The Bertz CT molecular complexity index is 1090. The average Bonchev–Trinajstić information content (AvgIpc) is 3.03. The Morgan fingerprint density at radius 2 is 2.03 bits per heavy atom. The molecule has 150 valence electrons. The molecule has 0 saturated heterocycles. The second kappa shape index (κ2) is 7.70. The molecule has 0 aliphatic heterocycles. The lowest BCUT2D eigenvalue weighted by Gasteiger charge is -2.20. The molecule has 0 bridgehead atoms. The molecule has 3 aromatic rings. The predicted molar refractivity (Wildman–Crippen MR) is 118 cm³/mol. The van der Waals surface area contributed by atoms with Gasteiger partial charge < -0.3 is 15.6 Å². The number of rotatable bonds is 4. The molecule has 3 N–H and O–H groups in total. The molecule has 1 aromatic carbocycles. The number of nitrogen functional groups attached to an aromatic ring is 1. The van der Waals surface area contributed by atoms with E-state index in [1.807, 2.05) is 38.2 Å². The summed E-state index contributed by atoms with van der Waals surface area (Å²) in [5.41, 5.74) is 12.5. The number of allylic oxidation sites excluding steroid dienone is 2. The van der Waals surface area contributed by atoms with Crippen molar-refractivity contribution < 1.29 is 4.79 Å². The number of amides is 1. The van der Waals surface area contributed by atoms with E-state index < -0.39 is 0 Å². The molecule has 0 unspecified atom stereocenters. The van der Waals surface area contributed by atoms with Crippen LogP contribution in [0.2, 0.25) is 0 Å². The first-order valence-electron chi connectivity index (χ1n) is 10.2. The lowest BCUT2D eigenvalue weighted by molar-refractivity contribution is -0.115. The summed E-state index contributed by atoms with van der Waals surface area (Å²) in [6.07, 6.45) is 7.57. The molecule has 1 aliphatic carbocycles. The third-order valence-electron chi connectivity index (χ3n) is 5.75. The van der Waals surface area contributed by atoms with Crippen LogP contribution in [0.3, 0.4) is 0 Å². The highest BCUT2D eigenvalue weighted by molar-refractivity contribution is 6.04. The summed E-state index contributed by atoms with van der Waals surface area (Å²) in [7, 11) is 2.02. The summed E-state index contributed by atoms with van der Waals surface area (Å²) in [5, 5.41) is 3.83. The highest BCUT2D eigenvalue weighted by atomic mass is 16.1. The number of carbonyl (C=O) groups is 1. The van der Waals surface area contributed by atoms with Crippen LogP contribution in [-0.2, 0) is 11.8 Å². The van der Waals surface area contributed by atoms with E-state index in [2.05, 4.69) is 32.9 Å². The van der Waals surface area contributed by atoms with Crippen molar-refractivity contribution in [2.75, 3.05) is 11.1 Å². The minimum atomic E-state index is 0.00701. The lowest BCUT2D eigenvalue weighted by atomic mass is 9.86. The zero-order valence-corrected chi connectivity index (χ0v) is 17.2. The van der Waals surface area contributed by atoms with Gasteiger partial charge in [0.2, 0.25) is 5.91 Å². The standard InChI is InChI=1S/C23H27N5O/c1-4-18(29)27-17-11-9-16(10-12-17)21-19(15-7-5-14(2)6-8-15)20-22(24)25-13-26-23(20)28(21)3/h7,9-14H,4-6,8H2,1-3H3,(H,27,29)(H2,24,25,26)/t14-/m1/s1. The molecule has 2 aromatic heterocycles. The molecule has 29 heavy (non-hydrogen) atoms. The first kappa shape index (κ1) is 19.2. The second-order valence-electron chi connectivity index (χ2n) is 7.83. The van der Waals surface area contributed by atoms with Crippen LogP contribution in [0, 0.1) is 5.92 Å². The van der Waals surface area contributed by atoms with Gasteiger partial charge in [-0.3, -0.25) is 4.79 Å². The van der Waals surface area contributed by atoms with Gasteiger partial charge in [0, 0.05) is 24.7 Å². The van der Waals surface area contributed by atoms with Crippen LogP contribution in [0.15, 0.2) is 36.7 Å². The van der Waals surface area contributed by atoms with Gasteiger partial charge in [0.1, 0.15) is 17.8 Å². The number of fused-ring (bicyclic) bond motifs is 1. The van der Waals surface area contributed by atoms with E-state index in [9.17, 15) is 4.79 Å². The average molecular weight is 390 g/mol. The normalized spacial score (nSPS) is 16.7. The SMILES string of the molecule is CCC(=O)Nc1ccc(-c2c(C3=CC[C@@H](C)CC3)c3c(N)ncnc3n2C)cc1. The van der Waals surface area contributed by atoms with E-state index in [0.29, 0.717) is 18.2 Å². The number of aryl methyl sites for hydroxylation is 1. The highest BCUT2D eigenvalue weighted by Crippen LogP contribution is 2.42. The molecular formula is C23H27N5O. The van der Waals surface area contributed by atoms with Crippen molar-refractivity contribution in [2.45, 2.75) is 39.5 Å². The maximum atomic E-state index is 11.7. The molecule has 6 nitrogen and oxygen atoms in total. The van der Waals surface area contributed by atoms with Gasteiger partial charge in [0.05, 0.1) is 11.1 Å². The molecule has 2 heterocycles. The lowest BCUT2D eigenvalue weighted by Crippen LogP contribution is -2.09. The Morgan fingerprint density at radius 3 is 2.69 bits per heavy atom. The van der Waals surface area contributed by atoms with Crippen molar-refractivity contribution in [3.63, 3.8) is 0 Å². The molecule has 0 saturated carbocycles. The number of nitrogens with two attached hydrogens (primary N) is 1. The van der Waals surface area contributed by atoms with E-state index in [0.717, 1.165) is 52.8 Å². The van der Waals surface area contributed by atoms with Gasteiger partial charge in [0.25, 0.3) is 0 Å². The molecule has 0 spiro atoms. The van der Waals surface area contributed by atoms with Crippen molar-refractivity contribution in [1.82, 2.24) is 14.5 Å². The largest absolute Gasteiger partial charge is 0.383 e. The van der Waals surface area contributed by atoms with Crippen LogP contribution >= 0.6 is 0 Å². The van der Waals surface area contributed by atoms with Crippen molar-refractivity contribution in [3.05, 3.63) is 42.2 Å². The molecule has 0 radical (unpaired) electrons. The third-order valence-corrected chi connectivity index (χ3v) is 5.75. The maximum absolute atomic E-state index is 11.7. The Morgan fingerprint density at radius 1 is 1.28 bits per heavy atom. The summed E-state index contributed by atoms with van der Waals surface area (Å²) in [4.78, 5) is 20.5. The summed E-state index contributed by atoms with van der Waals surface area (Å²) < 4.78 is 2.10. The van der Waals surface area contributed by atoms with Crippen LogP contribution in [0.4, 0.5) is 11.5 Å². The Balaban J connectivity index is 1.88. The Hall–Kier alpha value is -3.15. The summed E-state index contributed by atoms with van der Waals surface area (Å²) in [6, 6.07) is 7.96. The smallest absolute Gasteiger partial charge is 0.224 e. The molecule has 6 heteroatoms. The zero-order chi connectivity index (χ0) is 20.5. The minimum absolute atomic E-state index is 0.00701. The van der Waals surface area contributed by atoms with Crippen LogP contribution in [-0.4, -0.2) is 20.4 Å². The van der Waals surface area contributed by atoms with Crippen molar-refractivity contribution >= 4 is 34.0 Å². The summed E-state index contributed by atoms with van der Waals surface area (Å²) >= 11 is 0. The van der Waals surface area contributed by atoms with E-state index >= 15 is 0 Å². The first-order chi connectivity index (χ1) is 14.0. The number of nitrogens with zero attached hydrogens (tertiary/aromatic N) is 3. The summed E-state index contributed by atoms with van der Waals surface area (Å²) in [6.45, 7) is 4.13. The quantitative estimate of drug-likeness (QED) is 0.673.